The third-order valence-electron chi connectivity index (χ3n) is 4.39. The summed E-state index contributed by atoms with van der Waals surface area (Å²) in [6.07, 6.45) is 1.15. The molecule has 7 heteroatoms. The number of hydrogen-bond acceptors (Lipinski definition) is 4. The van der Waals surface area contributed by atoms with Crippen LogP contribution in [0.3, 0.4) is 0 Å². The third kappa shape index (κ3) is 2.90. The second-order valence-electron chi connectivity index (χ2n) is 6.13. The van der Waals surface area contributed by atoms with Crippen molar-refractivity contribution in [3.05, 3.63) is 101 Å². The first-order chi connectivity index (χ1) is 13.4. The van der Waals surface area contributed by atoms with Crippen LogP contribution in [0.15, 0.2) is 88.8 Å². The predicted molar refractivity (Wildman–Crippen MR) is 101 cm³/mol. The number of hydrogen-bond donors (Lipinski definition) is 0. The predicted octanol–water partition coefficient (Wildman–Crippen LogP) is 4.61. The van der Waals surface area contributed by atoms with Gasteiger partial charge in [0, 0.05) is 23.5 Å². The van der Waals surface area contributed by atoms with Crippen molar-refractivity contribution in [2.45, 2.75) is 4.90 Å². The number of ketones is 1. The monoisotopic (exact) mass is 397 g/mol. The van der Waals surface area contributed by atoms with Crippen molar-refractivity contribution in [2.75, 3.05) is 4.90 Å². The van der Waals surface area contributed by atoms with Gasteiger partial charge in [-0.2, -0.15) is 0 Å². The summed E-state index contributed by atoms with van der Waals surface area (Å²) in [4.78, 5) is 13.8. The Balaban J connectivity index is 1.94. The lowest BCUT2D eigenvalue weighted by Gasteiger charge is -2.28. The van der Waals surface area contributed by atoms with Crippen LogP contribution in [0.25, 0.3) is 0 Å². The Hall–Kier alpha value is -3.32. The summed E-state index contributed by atoms with van der Waals surface area (Å²) in [5.74, 6) is -2.78. The molecule has 0 amide bonds. The molecule has 1 aliphatic heterocycles. The molecule has 0 atom stereocenters. The first-order valence-electron chi connectivity index (χ1n) is 8.29. The fourth-order valence-electron chi connectivity index (χ4n) is 3.02. The zero-order valence-electron chi connectivity index (χ0n) is 14.3. The Morgan fingerprint density at radius 2 is 1.50 bits per heavy atom. The second kappa shape index (κ2) is 6.69. The third-order valence-corrected chi connectivity index (χ3v) is 6.19. The molecule has 0 saturated carbocycles. The molecule has 1 heterocycles. The van der Waals surface area contributed by atoms with E-state index in [-0.39, 0.29) is 21.8 Å². The molecule has 0 N–H and O–H groups in total. The maximum absolute atomic E-state index is 13.8. The number of fused-ring (bicyclic) bond motifs is 1. The van der Waals surface area contributed by atoms with E-state index in [4.69, 9.17) is 0 Å². The van der Waals surface area contributed by atoms with Crippen LogP contribution in [-0.2, 0) is 9.84 Å². The lowest BCUT2D eigenvalue weighted by atomic mass is 10.1. The lowest BCUT2D eigenvalue weighted by Crippen LogP contribution is -2.25. The van der Waals surface area contributed by atoms with Crippen LogP contribution in [0.4, 0.5) is 20.2 Å². The Morgan fingerprint density at radius 3 is 2.21 bits per heavy atom. The highest BCUT2D eigenvalue weighted by molar-refractivity contribution is 7.96. The molecule has 0 fully saturated rings. The van der Waals surface area contributed by atoms with Crippen LogP contribution in [0.1, 0.15) is 10.4 Å². The number of rotatable bonds is 3. The van der Waals surface area contributed by atoms with Gasteiger partial charge in [-0.05, 0) is 24.3 Å². The molecular weight excluding hydrogens is 384 g/mol. The summed E-state index contributed by atoms with van der Waals surface area (Å²) >= 11 is 0. The van der Waals surface area contributed by atoms with Gasteiger partial charge < -0.3 is 4.90 Å². The number of Topliss-reactive ketones (excluding diaryl/α,β-unsaturated/α-hetero) is 1. The van der Waals surface area contributed by atoms with Gasteiger partial charge in [0.15, 0.2) is 11.6 Å². The largest absolute Gasteiger partial charge is 0.314 e. The van der Waals surface area contributed by atoms with Gasteiger partial charge in [0.25, 0.3) is 0 Å². The van der Waals surface area contributed by atoms with Gasteiger partial charge in [0.05, 0.1) is 10.6 Å². The number of sulfone groups is 1. The minimum absolute atomic E-state index is 0.0819. The van der Waals surface area contributed by atoms with Crippen LogP contribution < -0.4 is 4.90 Å². The average molecular weight is 397 g/mol. The van der Waals surface area contributed by atoms with E-state index >= 15 is 0 Å². The smallest absolute Gasteiger partial charge is 0.214 e. The molecule has 3 aromatic carbocycles. The Kier molecular flexibility index (Phi) is 4.31. The van der Waals surface area contributed by atoms with Gasteiger partial charge in [-0.3, -0.25) is 4.79 Å². The highest BCUT2D eigenvalue weighted by atomic mass is 32.2. The van der Waals surface area contributed by atoms with Gasteiger partial charge in [-0.1, -0.05) is 42.5 Å². The average Bonchev–Trinajstić information content (AvgIpc) is 2.71. The zero-order chi connectivity index (χ0) is 19.9. The summed E-state index contributed by atoms with van der Waals surface area (Å²) in [6.45, 7) is 0. The van der Waals surface area contributed by atoms with Crippen LogP contribution in [0.5, 0.6) is 0 Å². The summed E-state index contributed by atoms with van der Waals surface area (Å²) in [5.41, 5.74) is 0.652. The molecule has 0 saturated heterocycles. The molecule has 0 spiro atoms. The van der Waals surface area contributed by atoms with Crippen molar-refractivity contribution >= 4 is 27.0 Å². The summed E-state index contributed by atoms with van der Waals surface area (Å²) in [5, 5.41) is 0. The Labute approximate surface area is 160 Å². The second-order valence-corrected chi connectivity index (χ2v) is 8.01. The Morgan fingerprint density at radius 1 is 0.821 bits per heavy atom. The quantitative estimate of drug-likeness (QED) is 0.606. The molecule has 0 unspecified atom stereocenters. The first-order valence-corrected chi connectivity index (χ1v) is 9.78. The first kappa shape index (κ1) is 18.1. The SMILES string of the molecule is O=C(C1=CN(c2ccc(F)c(F)c2)c2ccccc2S1(=O)=O)c1ccccc1. The normalized spacial score (nSPS) is 14.9. The minimum atomic E-state index is -4.09. The molecule has 4 rings (SSSR count). The zero-order valence-corrected chi connectivity index (χ0v) is 15.2. The number of allylic oxidation sites excluding steroid dienone is 1. The van der Waals surface area contributed by atoms with Crippen LogP contribution >= 0.6 is 0 Å². The summed E-state index contributed by atoms with van der Waals surface area (Å²) in [7, 11) is -4.09. The van der Waals surface area contributed by atoms with Gasteiger partial charge in [0.1, 0.15) is 4.91 Å². The fourth-order valence-corrected chi connectivity index (χ4v) is 4.56. The maximum Gasteiger partial charge on any atom is 0.214 e. The fraction of sp³-hybridized carbons (Fsp3) is 0. The van der Waals surface area contributed by atoms with E-state index in [1.807, 2.05) is 0 Å². The number of anilines is 2. The molecule has 0 radical (unpaired) electrons. The van der Waals surface area contributed by atoms with Crippen molar-refractivity contribution in [1.82, 2.24) is 0 Å². The van der Waals surface area contributed by atoms with Crippen LogP contribution in [0, 0.1) is 11.6 Å². The molecule has 4 nitrogen and oxygen atoms in total. The molecule has 1 aliphatic rings. The van der Waals surface area contributed by atoms with Crippen molar-refractivity contribution in [3.8, 4) is 0 Å². The van der Waals surface area contributed by atoms with Crippen molar-refractivity contribution in [2.24, 2.45) is 0 Å². The van der Waals surface area contributed by atoms with Gasteiger partial charge in [0.2, 0.25) is 15.6 Å². The topological polar surface area (TPSA) is 54.5 Å². The molecule has 0 aliphatic carbocycles. The summed E-state index contributed by atoms with van der Waals surface area (Å²) in [6, 6.07) is 17.3. The molecular formula is C21H13F2NO3S. The molecule has 0 aromatic heterocycles. The van der Waals surface area contributed by atoms with Gasteiger partial charge in [-0.15, -0.1) is 0 Å². The number of para-hydroxylation sites is 1. The van der Waals surface area contributed by atoms with E-state index in [9.17, 15) is 22.0 Å². The number of halogens is 2. The van der Waals surface area contributed by atoms with E-state index in [2.05, 4.69) is 0 Å². The highest BCUT2D eigenvalue weighted by Crippen LogP contribution is 2.40. The van der Waals surface area contributed by atoms with E-state index in [1.165, 1.54) is 41.3 Å². The minimum Gasteiger partial charge on any atom is -0.314 e. The van der Waals surface area contributed by atoms with Crippen LogP contribution in [0.2, 0.25) is 0 Å². The molecule has 3 aromatic rings. The van der Waals surface area contributed by atoms with Gasteiger partial charge in [-0.25, -0.2) is 17.2 Å². The van der Waals surface area contributed by atoms with E-state index in [0.717, 1.165) is 18.3 Å². The Bertz CT molecular complexity index is 1220. The van der Waals surface area contributed by atoms with Crippen molar-refractivity contribution < 1.29 is 22.0 Å². The van der Waals surface area contributed by atoms with E-state index < -0.39 is 32.2 Å². The molecule has 0 bridgehead atoms. The number of nitrogens with zero attached hydrogens (tertiary/aromatic N) is 1. The summed E-state index contributed by atoms with van der Waals surface area (Å²) < 4.78 is 53.3. The molecule has 28 heavy (non-hydrogen) atoms. The van der Waals surface area contributed by atoms with Gasteiger partial charge >= 0.3 is 0 Å². The number of carbonyl (C=O) groups is 1. The standard InChI is InChI=1S/C21H13F2NO3S/c22-16-11-10-15(12-17(16)23)24-13-20(21(25)14-6-2-1-3-7-14)28(26,27)19-9-5-4-8-18(19)24/h1-13H. The lowest BCUT2D eigenvalue weighted by molar-refractivity contribution is 0.104. The van der Waals surface area contributed by atoms with E-state index in [1.54, 1.807) is 24.3 Å². The maximum atomic E-state index is 13.8. The number of benzene rings is 3. The van der Waals surface area contributed by atoms with E-state index in [0.29, 0.717) is 0 Å². The highest BCUT2D eigenvalue weighted by Gasteiger charge is 2.36. The molecule has 140 valence electrons. The number of carbonyl (C=O) groups excluding carboxylic acids is 1. The van der Waals surface area contributed by atoms with Crippen LogP contribution in [-0.4, -0.2) is 14.2 Å². The van der Waals surface area contributed by atoms with Crippen molar-refractivity contribution in [3.63, 3.8) is 0 Å². The van der Waals surface area contributed by atoms with Crippen molar-refractivity contribution in [1.29, 1.82) is 0 Å².